The first-order valence-corrected chi connectivity index (χ1v) is 7.07. The molecule has 0 nitrogen and oxygen atoms in total. The first kappa shape index (κ1) is 18.1. The molecule has 18 heavy (non-hydrogen) atoms. The minimum Gasteiger partial charge on any atom is -0.165 e. The molecule has 0 aromatic carbocycles. The van der Waals surface area contributed by atoms with Gasteiger partial charge in [-0.25, -0.2) is 0 Å². The molecule has 1 rings (SSSR count). The van der Waals surface area contributed by atoms with Gasteiger partial charge in [-0.1, -0.05) is 51.3 Å². The van der Waals surface area contributed by atoms with Crippen molar-refractivity contribution >= 4 is 23.2 Å². The topological polar surface area (TPSA) is 0 Å². The Hall–Kier alpha value is 0.110. The second-order valence-electron chi connectivity index (χ2n) is 5.21. The lowest BCUT2D eigenvalue weighted by Gasteiger charge is -2.04. The molecule has 1 atom stereocenters. The minimum absolute atomic E-state index is 0.00535. The number of rotatable bonds is 4. The van der Waals surface area contributed by atoms with Gasteiger partial charge in [0.15, 0.2) is 0 Å². The zero-order chi connectivity index (χ0) is 14.4. The standard InChI is InChI=1S/C8H10ClF3.C5H11Cl/c1-7(2)4-5(7)3-6(9)8(10,11)12;1-2-3-4-5-6/h3,5H,4H2,1-2H3;2-5H2,1H3/b6-3-;. The van der Waals surface area contributed by atoms with Crippen LogP contribution in [0.15, 0.2) is 11.1 Å². The van der Waals surface area contributed by atoms with E-state index in [2.05, 4.69) is 6.92 Å². The molecule has 0 bridgehead atoms. The molecule has 1 unspecified atom stereocenters. The predicted octanol–water partition coefficient (Wildman–Crippen LogP) is 6.13. The zero-order valence-electron chi connectivity index (χ0n) is 11.1. The molecule has 1 aliphatic carbocycles. The van der Waals surface area contributed by atoms with Crippen LogP contribution in [0.4, 0.5) is 13.2 Å². The van der Waals surface area contributed by atoms with Gasteiger partial charge in [-0.3, -0.25) is 0 Å². The van der Waals surface area contributed by atoms with Crippen molar-refractivity contribution in [1.29, 1.82) is 0 Å². The highest BCUT2D eigenvalue weighted by Crippen LogP contribution is 2.53. The molecule has 0 radical (unpaired) electrons. The number of hydrogen-bond acceptors (Lipinski definition) is 0. The third kappa shape index (κ3) is 7.52. The Kier molecular flexibility index (Phi) is 7.69. The van der Waals surface area contributed by atoms with Crippen LogP contribution >= 0.6 is 23.2 Å². The van der Waals surface area contributed by atoms with E-state index >= 15 is 0 Å². The van der Waals surface area contributed by atoms with E-state index in [-0.39, 0.29) is 11.3 Å². The van der Waals surface area contributed by atoms with Crippen LogP contribution in [-0.4, -0.2) is 12.1 Å². The molecule has 0 spiro atoms. The van der Waals surface area contributed by atoms with Gasteiger partial charge in [0.05, 0.1) is 0 Å². The van der Waals surface area contributed by atoms with Crippen LogP contribution in [0.1, 0.15) is 46.5 Å². The van der Waals surface area contributed by atoms with Gasteiger partial charge in [0.2, 0.25) is 0 Å². The van der Waals surface area contributed by atoms with E-state index in [1.807, 2.05) is 13.8 Å². The van der Waals surface area contributed by atoms with Gasteiger partial charge >= 0.3 is 6.18 Å². The fourth-order valence-corrected chi connectivity index (χ4v) is 1.75. The van der Waals surface area contributed by atoms with Gasteiger partial charge in [-0.15, -0.1) is 11.6 Å². The molecule has 1 saturated carbocycles. The summed E-state index contributed by atoms with van der Waals surface area (Å²) in [7, 11) is 0. The zero-order valence-corrected chi connectivity index (χ0v) is 12.6. The maximum absolute atomic E-state index is 11.9. The van der Waals surface area contributed by atoms with Gasteiger partial charge in [-0.2, -0.15) is 13.2 Å². The SMILES string of the molecule is CC1(C)CC1/C=C(\Cl)C(F)(F)F.CCCCCCl. The normalized spacial score (nSPS) is 22.2. The highest BCUT2D eigenvalue weighted by molar-refractivity contribution is 6.30. The first-order chi connectivity index (χ1) is 8.15. The molecule has 0 aliphatic heterocycles. The maximum atomic E-state index is 11.9. The van der Waals surface area contributed by atoms with Gasteiger partial charge in [0.1, 0.15) is 5.03 Å². The van der Waals surface area contributed by atoms with Gasteiger partial charge < -0.3 is 0 Å². The molecule has 0 amide bonds. The van der Waals surface area contributed by atoms with Gasteiger partial charge in [0, 0.05) is 5.88 Å². The Balaban J connectivity index is 0.000000411. The Morgan fingerprint density at radius 1 is 1.33 bits per heavy atom. The van der Waals surface area contributed by atoms with Crippen molar-refractivity contribution in [3.05, 3.63) is 11.1 Å². The number of unbranched alkanes of at least 4 members (excludes halogenated alkanes) is 2. The minimum atomic E-state index is -4.37. The predicted molar refractivity (Wildman–Crippen MR) is 72.1 cm³/mol. The highest BCUT2D eigenvalue weighted by atomic mass is 35.5. The summed E-state index contributed by atoms with van der Waals surface area (Å²) in [5, 5.41) is -0.988. The maximum Gasteiger partial charge on any atom is 0.426 e. The van der Waals surface area contributed by atoms with E-state index in [1.165, 1.54) is 19.3 Å². The summed E-state index contributed by atoms with van der Waals surface area (Å²) in [6, 6.07) is 0. The third-order valence-corrected chi connectivity index (χ3v) is 3.55. The molecule has 0 saturated heterocycles. The van der Waals surface area contributed by atoms with E-state index in [0.29, 0.717) is 0 Å². The highest BCUT2D eigenvalue weighted by Gasteiger charge is 2.46. The lowest BCUT2D eigenvalue weighted by atomic mass is 10.1. The van der Waals surface area contributed by atoms with E-state index in [1.54, 1.807) is 0 Å². The van der Waals surface area contributed by atoms with E-state index < -0.39 is 11.2 Å². The van der Waals surface area contributed by atoms with E-state index in [0.717, 1.165) is 18.4 Å². The smallest absolute Gasteiger partial charge is 0.165 e. The number of alkyl halides is 4. The second-order valence-corrected chi connectivity index (χ2v) is 5.99. The third-order valence-electron chi connectivity index (χ3n) is 2.95. The van der Waals surface area contributed by atoms with Crippen LogP contribution < -0.4 is 0 Å². The average Bonchev–Trinajstić information content (AvgIpc) is 2.82. The quantitative estimate of drug-likeness (QED) is 0.433. The fourth-order valence-electron chi connectivity index (χ4n) is 1.41. The summed E-state index contributed by atoms with van der Waals surface area (Å²) in [5.41, 5.74) is 0.00535. The summed E-state index contributed by atoms with van der Waals surface area (Å²) in [4.78, 5) is 0. The first-order valence-electron chi connectivity index (χ1n) is 6.15. The van der Waals surface area contributed by atoms with Crippen molar-refractivity contribution in [3.63, 3.8) is 0 Å². The number of hydrogen-bond donors (Lipinski definition) is 0. The molecule has 0 heterocycles. The Bertz CT molecular complexity index is 266. The molecular formula is C13H21Cl2F3. The van der Waals surface area contributed by atoms with Crippen LogP contribution in [0, 0.1) is 11.3 Å². The van der Waals surface area contributed by atoms with Crippen molar-refractivity contribution in [2.75, 3.05) is 5.88 Å². The summed E-state index contributed by atoms with van der Waals surface area (Å²) < 4.78 is 35.7. The summed E-state index contributed by atoms with van der Waals surface area (Å²) >= 11 is 10.4. The molecule has 0 N–H and O–H groups in total. The fraction of sp³-hybridized carbons (Fsp3) is 0.846. The van der Waals surface area contributed by atoms with E-state index in [4.69, 9.17) is 23.2 Å². The van der Waals surface area contributed by atoms with Crippen LogP contribution in [-0.2, 0) is 0 Å². The molecule has 1 fully saturated rings. The van der Waals surface area contributed by atoms with Crippen molar-refractivity contribution in [2.45, 2.75) is 52.6 Å². The van der Waals surface area contributed by atoms with Gasteiger partial charge in [0.25, 0.3) is 0 Å². The Morgan fingerprint density at radius 3 is 2.06 bits per heavy atom. The monoisotopic (exact) mass is 304 g/mol. The van der Waals surface area contributed by atoms with Crippen LogP contribution in [0.25, 0.3) is 0 Å². The van der Waals surface area contributed by atoms with Crippen molar-refractivity contribution < 1.29 is 13.2 Å². The van der Waals surface area contributed by atoms with Crippen LogP contribution in [0.5, 0.6) is 0 Å². The summed E-state index contributed by atoms with van der Waals surface area (Å²) in [6.45, 7) is 6.02. The van der Waals surface area contributed by atoms with Crippen LogP contribution in [0.2, 0.25) is 0 Å². The molecular weight excluding hydrogens is 284 g/mol. The van der Waals surface area contributed by atoms with E-state index in [9.17, 15) is 13.2 Å². The summed E-state index contributed by atoms with van der Waals surface area (Å²) in [6.07, 6.45) is 1.26. The van der Waals surface area contributed by atoms with Crippen molar-refractivity contribution in [1.82, 2.24) is 0 Å². The number of halogens is 5. The van der Waals surface area contributed by atoms with Gasteiger partial charge in [-0.05, 0) is 24.2 Å². The molecule has 108 valence electrons. The Labute approximate surface area is 118 Å². The van der Waals surface area contributed by atoms with Crippen LogP contribution in [0.3, 0.4) is 0 Å². The molecule has 0 aromatic rings. The van der Waals surface area contributed by atoms with Crippen molar-refractivity contribution in [3.8, 4) is 0 Å². The number of allylic oxidation sites excluding steroid dienone is 2. The average molecular weight is 305 g/mol. The molecule has 5 heteroatoms. The lowest BCUT2D eigenvalue weighted by Crippen LogP contribution is -2.07. The largest absolute Gasteiger partial charge is 0.426 e. The van der Waals surface area contributed by atoms with Crippen molar-refractivity contribution in [2.24, 2.45) is 11.3 Å². The molecule has 1 aliphatic rings. The Morgan fingerprint density at radius 2 is 1.83 bits per heavy atom. The molecule has 0 aromatic heterocycles. The second kappa shape index (κ2) is 7.64. The lowest BCUT2D eigenvalue weighted by molar-refractivity contribution is -0.0848. The summed E-state index contributed by atoms with van der Waals surface area (Å²) in [5.74, 6) is 0.819.